The van der Waals surface area contributed by atoms with Crippen LogP contribution in [0.25, 0.3) is 0 Å². The molecule has 1 N–H and O–H groups in total. The van der Waals surface area contributed by atoms with E-state index in [0.717, 1.165) is 30.5 Å². The van der Waals surface area contributed by atoms with Crippen LogP contribution < -0.4 is 10.1 Å². The summed E-state index contributed by atoms with van der Waals surface area (Å²) in [6.45, 7) is 1.68. The summed E-state index contributed by atoms with van der Waals surface area (Å²) in [5.41, 5.74) is -0.930. The van der Waals surface area contributed by atoms with Crippen molar-refractivity contribution in [1.82, 2.24) is 10.3 Å². The maximum Gasteiger partial charge on any atom is 0.422 e. The van der Waals surface area contributed by atoms with Crippen LogP contribution in [0, 0.1) is 11.8 Å². The lowest BCUT2D eigenvalue weighted by Gasteiger charge is -2.44. The van der Waals surface area contributed by atoms with Gasteiger partial charge in [0.15, 0.2) is 16.4 Å². The smallest absolute Gasteiger partial charge is 0.422 e. The summed E-state index contributed by atoms with van der Waals surface area (Å²) in [5, 5.41) is 2.67. The number of rotatable bonds is 8. The number of hydrogen-bond acceptors (Lipinski definition) is 5. The maximum absolute atomic E-state index is 13.1. The van der Waals surface area contributed by atoms with Gasteiger partial charge in [0.05, 0.1) is 20.8 Å². The summed E-state index contributed by atoms with van der Waals surface area (Å²) in [5.74, 6) is -1.16. The van der Waals surface area contributed by atoms with E-state index in [-0.39, 0.29) is 29.8 Å². The Hall–Kier alpha value is -2.83. The van der Waals surface area contributed by atoms with Crippen LogP contribution in [-0.4, -0.2) is 43.4 Å². The van der Waals surface area contributed by atoms with Gasteiger partial charge in [-0.05, 0) is 62.8 Å². The molecule has 1 saturated carbocycles. The van der Waals surface area contributed by atoms with Gasteiger partial charge in [0, 0.05) is 18.8 Å². The predicted octanol–water partition coefficient (Wildman–Crippen LogP) is 5.05. The molecule has 1 fully saturated rings. The van der Waals surface area contributed by atoms with E-state index in [0.29, 0.717) is 18.9 Å². The van der Waals surface area contributed by atoms with Gasteiger partial charge < -0.3 is 10.1 Å². The van der Waals surface area contributed by atoms with E-state index in [1.165, 1.54) is 19.9 Å². The highest BCUT2D eigenvalue weighted by Gasteiger charge is 2.48. The van der Waals surface area contributed by atoms with Crippen LogP contribution in [0.5, 0.6) is 5.88 Å². The average molecular weight is 539 g/mol. The lowest BCUT2D eigenvalue weighted by atomic mass is 9.69. The topological polar surface area (TPSA) is 85.4 Å². The highest BCUT2D eigenvalue weighted by molar-refractivity contribution is 7.92. The molecular formula is C23H24F6N2O4S. The van der Waals surface area contributed by atoms with Crippen molar-refractivity contribution in [3.63, 3.8) is 0 Å². The highest BCUT2D eigenvalue weighted by Crippen LogP contribution is 2.46. The third kappa shape index (κ3) is 6.29. The molecule has 1 heterocycles. The first-order valence-corrected chi connectivity index (χ1v) is 12.3. The zero-order valence-corrected chi connectivity index (χ0v) is 20.1. The molecule has 1 aromatic heterocycles. The number of nitrogens with zero attached hydrogens (tertiary/aromatic N) is 1. The SMILES string of the molecule is CC(C)(C1CC(CNC(=O)c2ccc(OCC(F)(F)F)nc2)C1)S(=O)(=O)c1cccc(C(F)(F)F)c1. The van der Waals surface area contributed by atoms with Crippen LogP contribution in [0.3, 0.4) is 0 Å². The normalized spacial score (nSPS) is 18.9. The van der Waals surface area contributed by atoms with Crippen LogP contribution in [0.4, 0.5) is 26.3 Å². The molecule has 0 bridgehead atoms. The molecule has 3 rings (SSSR count). The number of halogens is 6. The second-order valence-electron chi connectivity index (χ2n) is 9.17. The molecule has 0 atom stereocenters. The first-order valence-electron chi connectivity index (χ1n) is 10.9. The zero-order chi connectivity index (χ0) is 26.9. The van der Waals surface area contributed by atoms with Gasteiger partial charge in [0.2, 0.25) is 5.88 Å². The van der Waals surface area contributed by atoms with Gasteiger partial charge in [-0.1, -0.05) is 6.07 Å². The summed E-state index contributed by atoms with van der Waals surface area (Å²) >= 11 is 0. The van der Waals surface area contributed by atoms with Crippen molar-refractivity contribution in [2.24, 2.45) is 11.8 Å². The number of ether oxygens (including phenoxy) is 1. The van der Waals surface area contributed by atoms with Crippen molar-refractivity contribution in [2.45, 2.75) is 48.7 Å². The molecule has 0 aliphatic heterocycles. The number of carbonyl (C=O) groups excluding carboxylic acids is 1. The Kier molecular flexibility index (Phi) is 7.64. The zero-order valence-electron chi connectivity index (χ0n) is 19.3. The minimum atomic E-state index is -4.67. The minimum absolute atomic E-state index is 0.0442. The standard InChI is InChI=1S/C23H24F6N2O4S/c1-21(2,36(33,34)18-5-3-4-16(10-18)23(27,28)29)17-8-14(9-17)11-31-20(32)15-6-7-19(30-12-15)35-13-22(24,25)26/h3-7,10,12,14,17H,8-9,11,13H2,1-2H3,(H,31,32). The first-order chi connectivity index (χ1) is 16.5. The lowest BCUT2D eigenvalue weighted by molar-refractivity contribution is -0.154. The molecule has 1 aliphatic carbocycles. The van der Waals surface area contributed by atoms with Crippen molar-refractivity contribution in [3.05, 3.63) is 53.7 Å². The van der Waals surface area contributed by atoms with E-state index in [1.807, 2.05) is 0 Å². The van der Waals surface area contributed by atoms with Crippen molar-refractivity contribution in [2.75, 3.05) is 13.2 Å². The fraction of sp³-hybridized carbons (Fsp3) is 0.478. The molecule has 0 spiro atoms. The van der Waals surface area contributed by atoms with E-state index in [1.54, 1.807) is 0 Å². The Morgan fingerprint density at radius 2 is 1.75 bits per heavy atom. The summed E-state index contributed by atoms with van der Waals surface area (Å²) in [4.78, 5) is 15.6. The number of sulfone groups is 1. The minimum Gasteiger partial charge on any atom is -0.468 e. The Morgan fingerprint density at radius 1 is 1.08 bits per heavy atom. The monoisotopic (exact) mass is 538 g/mol. The number of pyridine rings is 1. The molecule has 1 aromatic carbocycles. The molecule has 1 amide bonds. The second kappa shape index (κ2) is 9.91. The van der Waals surface area contributed by atoms with Crippen LogP contribution in [-0.2, 0) is 16.0 Å². The van der Waals surface area contributed by atoms with E-state index >= 15 is 0 Å². The van der Waals surface area contributed by atoms with E-state index in [4.69, 9.17) is 0 Å². The second-order valence-corrected chi connectivity index (χ2v) is 11.7. The molecule has 2 aromatic rings. The predicted molar refractivity (Wildman–Crippen MR) is 117 cm³/mol. The molecule has 0 unspecified atom stereocenters. The highest BCUT2D eigenvalue weighted by atomic mass is 32.2. The number of hydrogen-bond donors (Lipinski definition) is 1. The van der Waals surface area contributed by atoms with Crippen molar-refractivity contribution in [1.29, 1.82) is 0 Å². The van der Waals surface area contributed by atoms with Crippen molar-refractivity contribution < 1.29 is 44.3 Å². The molecule has 198 valence electrons. The van der Waals surface area contributed by atoms with E-state index in [2.05, 4.69) is 15.0 Å². The number of carbonyl (C=O) groups is 1. The van der Waals surface area contributed by atoms with Crippen LogP contribution in [0.1, 0.15) is 42.6 Å². The van der Waals surface area contributed by atoms with Crippen LogP contribution in [0.15, 0.2) is 47.5 Å². The number of nitrogens with one attached hydrogen (secondary N) is 1. The van der Waals surface area contributed by atoms with Gasteiger partial charge in [0.1, 0.15) is 0 Å². The van der Waals surface area contributed by atoms with Gasteiger partial charge >= 0.3 is 12.4 Å². The maximum atomic E-state index is 13.1. The number of alkyl halides is 6. The van der Waals surface area contributed by atoms with Gasteiger partial charge in [0.25, 0.3) is 5.91 Å². The van der Waals surface area contributed by atoms with Crippen molar-refractivity contribution in [3.8, 4) is 5.88 Å². The third-order valence-corrected chi connectivity index (χ3v) is 8.91. The number of amides is 1. The van der Waals surface area contributed by atoms with Crippen LogP contribution in [0.2, 0.25) is 0 Å². The van der Waals surface area contributed by atoms with E-state index in [9.17, 15) is 39.6 Å². The Morgan fingerprint density at radius 3 is 2.31 bits per heavy atom. The first kappa shape index (κ1) is 27.8. The largest absolute Gasteiger partial charge is 0.468 e. The van der Waals surface area contributed by atoms with Crippen LogP contribution >= 0.6 is 0 Å². The third-order valence-electron chi connectivity index (χ3n) is 6.32. The molecule has 0 radical (unpaired) electrons. The molecule has 6 nitrogen and oxygen atoms in total. The van der Waals surface area contributed by atoms with Crippen molar-refractivity contribution >= 4 is 15.7 Å². The Labute approximate surface area is 204 Å². The average Bonchev–Trinajstić information content (AvgIpc) is 2.75. The summed E-state index contributed by atoms with van der Waals surface area (Å²) < 4.78 is 105. The quantitative estimate of drug-likeness (QED) is 0.476. The van der Waals surface area contributed by atoms with Gasteiger partial charge in [-0.25, -0.2) is 13.4 Å². The van der Waals surface area contributed by atoms with E-state index < -0.39 is 49.9 Å². The lowest BCUT2D eigenvalue weighted by Crippen LogP contribution is -2.48. The summed E-state index contributed by atoms with van der Waals surface area (Å²) in [6.07, 6.45) is -7.22. The number of aromatic nitrogens is 1. The Balaban J connectivity index is 1.54. The molecule has 36 heavy (non-hydrogen) atoms. The molecule has 1 aliphatic rings. The Bertz CT molecular complexity index is 1190. The number of benzene rings is 1. The van der Waals surface area contributed by atoms with Gasteiger partial charge in [-0.15, -0.1) is 0 Å². The van der Waals surface area contributed by atoms with Gasteiger partial charge in [-0.3, -0.25) is 4.79 Å². The summed E-state index contributed by atoms with van der Waals surface area (Å²) in [6, 6.07) is 6.07. The summed E-state index contributed by atoms with van der Waals surface area (Å²) in [7, 11) is -4.08. The molecule has 0 saturated heterocycles. The fourth-order valence-electron chi connectivity index (χ4n) is 3.93. The van der Waals surface area contributed by atoms with Gasteiger partial charge in [-0.2, -0.15) is 26.3 Å². The molecule has 13 heteroatoms. The fourth-order valence-corrected chi connectivity index (χ4v) is 5.71. The molecular weight excluding hydrogens is 514 g/mol.